The molecule has 0 atom stereocenters. The van der Waals surface area contributed by atoms with Gasteiger partial charge in [0.2, 0.25) is 5.95 Å². The van der Waals surface area contributed by atoms with Crippen LogP contribution in [0.2, 0.25) is 0 Å². The van der Waals surface area contributed by atoms with E-state index in [9.17, 15) is 0 Å². The molecule has 0 saturated carbocycles. The highest BCUT2D eigenvalue weighted by Crippen LogP contribution is 2.21. The standard InChI is InChI=1S/C15H20N4O/c1-3-19(13-7-5-4-6-8-13)15-17-10-9-14(18-15)16-11-12-20-2/h4-10H,3,11-12H2,1-2H3,(H,16,17,18). The Kier molecular flexibility index (Phi) is 5.32. The molecule has 2 rings (SSSR count). The van der Waals surface area contributed by atoms with Gasteiger partial charge < -0.3 is 15.0 Å². The minimum absolute atomic E-state index is 0.648. The summed E-state index contributed by atoms with van der Waals surface area (Å²) in [5, 5.41) is 3.21. The Morgan fingerprint density at radius 3 is 2.70 bits per heavy atom. The van der Waals surface area contributed by atoms with Crippen LogP contribution in [-0.4, -0.2) is 36.8 Å². The molecule has 0 amide bonds. The third kappa shape index (κ3) is 3.68. The molecule has 0 bridgehead atoms. The van der Waals surface area contributed by atoms with Crippen molar-refractivity contribution in [3.63, 3.8) is 0 Å². The van der Waals surface area contributed by atoms with Crippen molar-refractivity contribution in [3.05, 3.63) is 42.6 Å². The zero-order valence-electron chi connectivity index (χ0n) is 11.9. The van der Waals surface area contributed by atoms with Crippen LogP contribution in [0.15, 0.2) is 42.6 Å². The lowest BCUT2D eigenvalue weighted by molar-refractivity contribution is 0.210. The molecule has 0 aliphatic carbocycles. The third-order valence-corrected chi connectivity index (χ3v) is 2.88. The van der Waals surface area contributed by atoms with Crippen molar-refractivity contribution < 1.29 is 4.74 Å². The number of hydrogen-bond acceptors (Lipinski definition) is 5. The number of methoxy groups -OCH3 is 1. The second-order valence-electron chi connectivity index (χ2n) is 4.24. The maximum absolute atomic E-state index is 5.02. The topological polar surface area (TPSA) is 50.3 Å². The Hall–Kier alpha value is -2.14. The lowest BCUT2D eigenvalue weighted by atomic mass is 10.3. The smallest absolute Gasteiger partial charge is 0.231 e. The average molecular weight is 272 g/mol. The van der Waals surface area contributed by atoms with Crippen molar-refractivity contribution in [2.75, 3.05) is 37.0 Å². The van der Waals surface area contributed by atoms with Gasteiger partial charge in [-0.1, -0.05) is 18.2 Å². The van der Waals surface area contributed by atoms with Crippen LogP contribution in [-0.2, 0) is 4.74 Å². The number of rotatable bonds is 7. The number of ether oxygens (including phenoxy) is 1. The molecule has 106 valence electrons. The Labute approximate surface area is 119 Å². The average Bonchev–Trinajstić information content (AvgIpc) is 2.50. The van der Waals surface area contributed by atoms with Crippen LogP contribution < -0.4 is 10.2 Å². The normalized spacial score (nSPS) is 10.3. The maximum Gasteiger partial charge on any atom is 0.231 e. The predicted octanol–water partition coefficient (Wildman–Crippen LogP) is 2.69. The summed E-state index contributed by atoms with van der Waals surface area (Å²) < 4.78 is 5.02. The SMILES string of the molecule is CCN(c1ccccc1)c1nccc(NCCOC)n1. The van der Waals surface area contributed by atoms with Crippen LogP contribution in [0.4, 0.5) is 17.5 Å². The van der Waals surface area contributed by atoms with Gasteiger partial charge in [-0.15, -0.1) is 0 Å². The molecule has 0 aliphatic rings. The van der Waals surface area contributed by atoms with Crippen molar-refractivity contribution in [1.82, 2.24) is 9.97 Å². The fourth-order valence-corrected chi connectivity index (χ4v) is 1.91. The first kappa shape index (κ1) is 14.3. The molecular weight excluding hydrogens is 252 g/mol. The van der Waals surface area contributed by atoms with Crippen LogP contribution in [0.25, 0.3) is 0 Å². The minimum Gasteiger partial charge on any atom is -0.383 e. The molecule has 0 spiro atoms. The minimum atomic E-state index is 0.648. The van der Waals surface area contributed by atoms with Gasteiger partial charge in [-0.2, -0.15) is 4.98 Å². The van der Waals surface area contributed by atoms with E-state index in [1.165, 1.54) is 0 Å². The van der Waals surface area contributed by atoms with E-state index in [-0.39, 0.29) is 0 Å². The van der Waals surface area contributed by atoms with E-state index in [0.29, 0.717) is 12.6 Å². The monoisotopic (exact) mass is 272 g/mol. The quantitative estimate of drug-likeness (QED) is 0.785. The second kappa shape index (κ2) is 7.45. The van der Waals surface area contributed by atoms with Crippen LogP contribution >= 0.6 is 0 Å². The lowest BCUT2D eigenvalue weighted by Gasteiger charge is -2.21. The van der Waals surface area contributed by atoms with Gasteiger partial charge in [0, 0.05) is 32.1 Å². The fraction of sp³-hybridized carbons (Fsp3) is 0.333. The van der Waals surface area contributed by atoms with Crippen LogP contribution in [0, 0.1) is 0 Å². The summed E-state index contributed by atoms with van der Waals surface area (Å²) in [7, 11) is 1.68. The summed E-state index contributed by atoms with van der Waals surface area (Å²) in [5.74, 6) is 1.50. The van der Waals surface area contributed by atoms with Gasteiger partial charge in [-0.3, -0.25) is 0 Å². The molecule has 2 aromatic rings. The molecule has 0 saturated heterocycles. The van der Waals surface area contributed by atoms with E-state index in [2.05, 4.69) is 39.2 Å². The molecule has 1 aromatic heterocycles. The number of anilines is 3. The summed E-state index contributed by atoms with van der Waals surface area (Å²) in [6, 6.07) is 12.0. The molecule has 0 aliphatic heterocycles. The molecule has 5 heteroatoms. The van der Waals surface area contributed by atoms with E-state index in [0.717, 1.165) is 24.6 Å². The molecular formula is C15H20N4O. The molecule has 5 nitrogen and oxygen atoms in total. The van der Waals surface area contributed by atoms with E-state index in [1.807, 2.05) is 24.3 Å². The van der Waals surface area contributed by atoms with Gasteiger partial charge in [0.15, 0.2) is 0 Å². The molecule has 0 fully saturated rings. The highest BCUT2D eigenvalue weighted by atomic mass is 16.5. The summed E-state index contributed by atoms with van der Waals surface area (Å²) in [5.41, 5.74) is 1.09. The zero-order chi connectivity index (χ0) is 14.2. The lowest BCUT2D eigenvalue weighted by Crippen LogP contribution is -2.19. The maximum atomic E-state index is 5.02. The van der Waals surface area contributed by atoms with Gasteiger partial charge >= 0.3 is 0 Å². The van der Waals surface area contributed by atoms with Crippen molar-refractivity contribution in [2.24, 2.45) is 0 Å². The fourth-order valence-electron chi connectivity index (χ4n) is 1.91. The molecule has 0 unspecified atom stereocenters. The zero-order valence-corrected chi connectivity index (χ0v) is 11.9. The van der Waals surface area contributed by atoms with Crippen molar-refractivity contribution in [2.45, 2.75) is 6.92 Å². The van der Waals surface area contributed by atoms with E-state index >= 15 is 0 Å². The van der Waals surface area contributed by atoms with Crippen molar-refractivity contribution in [1.29, 1.82) is 0 Å². The molecule has 20 heavy (non-hydrogen) atoms. The first-order chi connectivity index (χ1) is 9.85. The molecule has 1 aromatic carbocycles. The van der Waals surface area contributed by atoms with Gasteiger partial charge in [0.05, 0.1) is 6.61 Å². The number of nitrogens with one attached hydrogen (secondary N) is 1. The van der Waals surface area contributed by atoms with Gasteiger partial charge in [0.1, 0.15) is 5.82 Å². The second-order valence-corrected chi connectivity index (χ2v) is 4.24. The summed E-state index contributed by atoms with van der Waals surface area (Å²) >= 11 is 0. The van der Waals surface area contributed by atoms with Gasteiger partial charge in [-0.25, -0.2) is 4.98 Å². The summed E-state index contributed by atoms with van der Waals surface area (Å²) in [4.78, 5) is 11.0. The van der Waals surface area contributed by atoms with Crippen LogP contribution in [0.3, 0.4) is 0 Å². The number of benzene rings is 1. The van der Waals surface area contributed by atoms with E-state index < -0.39 is 0 Å². The van der Waals surface area contributed by atoms with E-state index in [4.69, 9.17) is 4.74 Å². The van der Waals surface area contributed by atoms with Crippen LogP contribution in [0.5, 0.6) is 0 Å². The molecule has 1 heterocycles. The number of para-hydroxylation sites is 1. The van der Waals surface area contributed by atoms with Crippen LogP contribution in [0.1, 0.15) is 6.92 Å². The Morgan fingerprint density at radius 2 is 2.00 bits per heavy atom. The molecule has 1 N–H and O–H groups in total. The third-order valence-electron chi connectivity index (χ3n) is 2.88. The molecule has 0 radical (unpaired) electrons. The summed E-state index contributed by atoms with van der Waals surface area (Å²) in [6.07, 6.45) is 1.77. The highest BCUT2D eigenvalue weighted by molar-refractivity contribution is 5.58. The van der Waals surface area contributed by atoms with Crippen molar-refractivity contribution in [3.8, 4) is 0 Å². The Balaban J connectivity index is 2.16. The largest absolute Gasteiger partial charge is 0.383 e. The number of aromatic nitrogens is 2. The van der Waals surface area contributed by atoms with Gasteiger partial charge in [-0.05, 0) is 25.1 Å². The Bertz CT molecular complexity index is 518. The van der Waals surface area contributed by atoms with Gasteiger partial charge in [0.25, 0.3) is 0 Å². The highest BCUT2D eigenvalue weighted by Gasteiger charge is 2.10. The number of hydrogen-bond donors (Lipinski definition) is 1. The summed E-state index contributed by atoms with van der Waals surface area (Å²) in [6.45, 7) is 4.27. The predicted molar refractivity (Wildman–Crippen MR) is 81.5 cm³/mol. The Morgan fingerprint density at radius 1 is 1.20 bits per heavy atom. The first-order valence-electron chi connectivity index (χ1n) is 6.73. The van der Waals surface area contributed by atoms with Crippen molar-refractivity contribution >= 4 is 17.5 Å². The first-order valence-corrected chi connectivity index (χ1v) is 6.73. The number of nitrogens with zero attached hydrogens (tertiary/aromatic N) is 3. The van der Waals surface area contributed by atoms with E-state index in [1.54, 1.807) is 13.3 Å².